The maximum absolute atomic E-state index is 12.7. The number of fused-ring (bicyclic) bond motifs is 2. The molecule has 2 N–H and O–H groups in total. The summed E-state index contributed by atoms with van der Waals surface area (Å²) in [5, 5.41) is 13.0. The molecule has 1 amide bonds. The first-order valence-corrected chi connectivity index (χ1v) is 9.18. The molecule has 0 aliphatic heterocycles. The summed E-state index contributed by atoms with van der Waals surface area (Å²) in [6.07, 6.45) is 3.69. The van der Waals surface area contributed by atoms with E-state index >= 15 is 0 Å². The highest BCUT2D eigenvalue weighted by Crippen LogP contribution is 2.52. The van der Waals surface area contributed by atoms with E-state index in [1.165, 1.54) is 11.3 Å². The van der Waals surface area contributed by atoms with E-state index < -0.39 is 17.8 Å². The average Bonchev–Trinajstić information content (AvgIpc) is 3.13. The molecule has 0 unspecified atom stereocenters. The van der Waals surface area contributed by atoms with Crippen LogP contribution < -0.4 is 5.32 Å². The summed E-state index contributed by atoms with van der Waals surface area (Å²) in [6.45, 7) is 6.30. The van der Waals surface area contributed by atoms with Crippen molar-refractivity contribution in [1.82, 2.24) is 4.98 Å². The first kappa shape index (κ1) is 16.4. The number of nitrogens with zero attached hydrogens (tertiary/aromatic N) is 1. The van der Waals surface area contributed by atoms with Gasteiger partial charge in [-0.05, 0) is 50.4 Å². The monoisotopic (exact) mass is 336 g/mol. The second-order valence-corrected chi connectivity index (χ2v) is 8.54. The van der Waals surface area contributed by atoms with E-state index in [0.29, 0.717) is 11.0 Å². The fraction of sp³-hybridized carbons (Fsp3) is 0.706. The molecule has 0 saturated heterocycles. The molecule has 6 heteroatoms. The van der Waals surface area contributed by atoms with E-state index in [-0.39, 0.29) is 17.7 Å². The van der Waals surface area contributed by atoms with Crippen LogP contribution in [0.2, 0.25) is 0 Å². The van der Waals surface area contributed by atoms with Crippen LogP contribution in [-0.4, -0.2) is 22.0 Å². The van der Waals surface area contributed by atoms with Gasteiger partial charge in [0.15, 0.2) is 5.13 Å². The number of anilines is 1. The molecule has 1 aromatic heterocycles. The smallest absolute Gasteiger partial charge is 0.307 e. The van der Waals surface area contributed by atoms with E-state index in [9.17, 15) is 14.7 Å². The molecule has 4 atom stereocenters. The number of amides is 1. The highest BCUT2D eigenvalue weighted by atomic mass is 32.1. The molecule has 2 aliphatic carbocycles. The van der Waals surface area contributed by atoms with Crippen molar-refractivity contribution in [3.05, 3.63) is 10.6 Å². The lowest BCUT2D eigenvalue weighted by molar-refractivity contribution is -0.148. The zero-order valence-corrected chi connectivity index (χ0v) is 14.7. The minimum Gasteiger partial charge on any atom is -0.481 e. The molecule has 0 radical (unpaired) electrons. The number of carbonyl (C=O) groups is 2. The van der Waals surface area contributed by atoms with Gasteiger partial charge in [0.2, 0.25) is 5.91 Å². The van der Waals surface area contributed by atoms with Crippen LogP contribution in [0.5, 0.6) is 0 Å². The predicted octanol–water partition coefficient (Wildman–Crippen LogP) is 3.34. The summed E-state index contributed by atoms with van der Waals surface area (Å²) >= 11 is 1.48. The maximum Gasteiger partial charge on any atom is 0.307 e. The predicted molar refractivity (Wildman–Crippen MR) is 89.5 cm³/mol. The minimum absolute atomic E-state index is 0.158. The van der Waals surface area contributed by atoms with Gasteiger partial charge in [-0.3, -0.25) is 9.59 Å². The van der Waals surface area contributed by atoms with Crippen molar-refractivity contribution in [3.63, 3.8) is 0 Å². The SMILES string of the molecule is Cc1sc(NC(=O)[C@H]2[C@H]3CC[C@@H](C3)[C@H]2C(=O)O)nc1CC(C)C. The largest absolute Gasteiger partial charge is 0.481 e. The Morgan fingerprint density at radius 3 is 2.57 bits per heavy atom. The zero-order chi connectivity index (χ0) is 16.7. The van der Waals surface area contributed by atoms with Crippen LogP contribution in [0.1, 0.15) is 43.7 Å². The Bertz CT molecular complexity index is 625. The number of aliphatic carboxylic acids is 1. The van der Waals surface area contributed by atoms with Crippen LogP contribution in [0.4, 0.5) is 5.13 Å². The van der Waals surface area contributed by atoms with E-state index in [4.69, 9.17) is 0 Å². The third kappa shape index (κ3) is 3.13. The average molecular weight is 336 g/mol. The molecule has 2 saturated carbocycles. The van der Waals surface area contributed by atoms with Crippen molar-refractivity contribution in [2.75, 3.05) is 5.32 Å². The number of carbonyl (C=O) groups excluding carboxylic acids is 1. The number of nitrogens with one attached hydrogen (secondary N) is 1. The topological polar surface area (TPSA) is 79.3 Å². The Labute approximate surface area is 140 Å². The zero-order valence-electron chi connectivity index (χ0n) is 13.8. The van der Waals surface area contributed by atoms with Gasteiger partial charge >= 0.3 is 5.97 Å². The first-order chi connectivity index (χ1) is 10.9. The lowest BCUT2D eigenvalue weighted by Gasteiger charge is -2.26. The number of aromatic nitrogens is 1. The third-order valence-electron chi connectivity index (χ3n) is 5.23. The van der Waals surface area contributed by atoms with Gasteiger partial charge in [-0.1, -0.05) is 13.8 Å². The van der Waals surface area contributed by atoms with Crippen molar-refractivity contribution in [2.45, 2.75) is 46.5 Å². The molecule has 1 aromatic rings. The Balaban J connectivity index is 1.73. The van der Waals surface area contributed by atoms with Crippen LogP contribution in [-0.2, 0) is 16.0 Å². The molecule has 0 aromatic carbocycles. The number of rotatable bonds is 5. The molecule has 23 heavy (non-hydrogen) atoms. The molecule has 0 spiro atoms. The van der Waals surface area contributed by atoms with Crippen LogP contribution in [0, 0.1) is 36.5 Å². The van der Waals surface area contributed by atoms with Gasteiger partial charge in [0, 0.05) is 4.88 Å². The van der Waals surface area contributed by atoms with E-state index in [1.54, 1.807) is 0 Å². The van der Waals surface area contributed by atoms with Crippen molar-refractivity contribution in [1.29, 1.82) is 0 Å². The van der Waals surface area contributed by atoms with Crippen molar-refractivity contribution >= 4 is 28.3 Å². The number of hydrogen-bond donors (Lipinski definition) is 2. The number of carboxylic acids is 1. The molecule has 1 heterocycles. The fourth-order valence-electron chi connectivity index (χ4n) is 4.27. The molecule has 2 bridgehead atoms. The van der Waals surface area contributed by atoms with Crippen molar-refractivity contribution in [3.8, 4) is 0 Å². The van der Waals surface area contributed by atoms with Gasteiger partial charge < -0.3 is 10.4 Å². The summed E-state index contributed by atoms with van der Waals surface area (Å²) in [7, 11) is 0. The molecule has 5 nitrogen and oxygen atoms in total. The summed E-state index contributed by atoms with van der Waals surface area (Å²) < 4.78 is 0. The quantitative estimate of drug-likeness (QED) is 0.864. The molecule has 2 fully saturated rings. The van der Waals surface area contributed by atoms with Gasteiger partial charge in [-0.15, -0.1) is 11.3 Å². The van der Waals surface area contributed by atoms with Crippen molar-refractivity contribution < 1.29 is 14.7 Å². The molecule has 3 rings (SSSR count). The Kier molecular flexibility index (Phi) is 4.45. The second-order valence-electron chi connectivity index (χ2n) is 7.33. The second kappa shape index (κ2) is 6.23. The lowest BCUT2D eigenvalue weighted by Crippen LogP contribution is -2.37. The standard InChI is InChI=1S/C17H24N2O3S/c1-8(2)6-12-9(3)23-17(18-12)19-15(20)13-10-4-5-11(7-10)14(13)16(21)22/h8,10-11,13-14H,4-7H2,1-3H3,(H,21,22)(H,18,19,20)/t10-,11-,13-,14+/m0/s1. The molecular weight excluding hydrogens is 312 g/mol. The summed E-state index contributed by atoms with van der Waals surface area (Å²) in [6, 6.07) is 0. The van der Waals surface area contributed by atoms with Gasteiger partial charge in [0.05, 0.1) is 17.5 Å². The molecule has 2 aliphatic rings. The van der Waals surface area contributed by atoms with Crippen LogP contribution >= 0.6 is 11.3 Å². The number of thiazole rings is 1. The number of carboxylic acid groups (broad SMARTS) is 1. The van der Waals surface area contributed by atoms with E-state index in [1.807, 2.05) is 6.92 Å². The number of aryl methyl sites for hydroxylation is 1. The Morgan fingerprint density at radius 1 is 1.30 bits per heavy atom. The van der Waals surface area contributed by atoms with Gasteiger partial charge in [-0.2, -0.15) is 0 Å². The number of hydrogen-bond acceptors (Lipinski definition) is 4. The summed E-state index contributed by atoms with van der Waals surface area (Å²) in [4.78, 5) is 29.9. The van der Waals surface area contributed by atoms with Gasteiger partial charge in [0.1, 0.15) is 0 Å². The van der Waals surface area contributed by atoms with Crippen LogP contribution in [0.25, 0.3) is 0 Å². The Morgan fingerprint density at radius 2 is 1.96 bits per heavy atom. The Hall–Kier alpha value is -1.43. The fourth-order valence-corrected chi connectivity index (χ4v) is 5.11. The van der Waals surface area contributed by atoms with Gasteiger partial charge in [0.25, 0.3) is 0 Å². The normalized spacial score (nSPS) is 29.2. The van der Waals surface area contributed by atoms with Crippen LogP contribution in [0.3, 0.4) is 0 Å². The summed E-state index contributed by atoms with van der Waals surface area (Å²) in [5.74, 6) is -1.00. The van der Waals surface area contributed by atoms with Crippen molar-refractivity contribution in [2.24, 2.45) is 29.6 Å². The highest BCUT2D eigenvalue weighted by molar-refractivity contribution is 7.15. The summed E-state index contributed by atoms with van der Waals surface area (Å²) in [5.41, 5.74) is 1.03. The lowest BCUT2D eigenvalue weighted by atomic mass is 9.79. The third-order valence-corrected chi connectivity index (χ3v) is 6.16. The first-order valence-electron chi connectivity index (χ1n) is 8.36. The molecule has 126 valence electrons. The maximum atomic E-state index is 12.7. The van der Waals surface area contributed by atoms with E-state index in [0.717, 1.165) is 36.3 Å². The molecular formula is C17H24N2O3S. The highest BCUT2D eigenvalue weighted by Gasteiger charge is 2.54. The minimum atomic E-state index is -0.826. The van der Waals surface area contributed by atoms with Crippen LogP contribution in [0.15, 0.2) is 0 Å². The van der Waals surface area contributed by atoms with E-state index in [2.05, 4.69) is 24.1 Å². The van der Waals surface area contributed by atoms with Gasteiger partial charge in [-0.25, -0.2) is 4.98 Å².